The molecule has 0 unspecified atom stereocenters. The molecule has 1 heterocycles. The third kappa shape index (κ3) is 2.22. The van der Waals surface area contributed by atoms with E-state index in [1.165, 1.54) is 11.1 Å². The first kappa shape index (κ1) is 10.7. The second-order valence-corrected chi connectivity index (χ2v) is 4.10. The van der Waals surface area contributed by atoms with Gasteiger partial charge < -0.3 is 4.57 Å². The lowest BCUT2D eigenvalue weighted by Crippen LogP contribution is -2.19. The summed E-state index contributed by atoms with van der Waals surface area (Å²) in [5.41, 5.74) is 3.56. The van der Waals surface area contributed by atoms with E-state index >= 15 is 0 Å². The van der Waals surface area contributed by atoms with Gasteiger partial charge in [-0.15, -0.1) is 0 Å². The zero-order chi connectivity index (χ0) is 11.5. The molecule has 0 aliphatic carbocycles. The van der Waals surface area contributed by atoms with Gasteiger partial charge in [0.2, 0.25) is 0 Å². The number of benzene rings is 1. The Morgan fingerprint density at radius 1 is 1.06 bits per heavy atom. The predicted octanol–water partition coefficient (Wildman–Crippen LogP) is 2.51. The summed E-state index contributed by atoms with van der Waals surface area (Å²) in [7, 11) is 0. The lowest BCUT2D eigenvalue weighted by atomic mass is 10.1. The molecule has 0 bridgehead atoms. The fourth-order valence-corrected chi connectivity index (χ4v) is 1.75. The maximum Gasteiger partial charge on any atom is 0.250 e. The molecule has 0 aliphatic heterocycles. The molecule has 2 heteroatoms. The number of aryl methyl sites for hydroxylation is 2. The normalized spacial score (nSPS) is 10.4. The van der Waals surface area contributed by atoms with Gasteiger partial charge in [-0.25, -0.2) is 0 Å². The molecular weight excluding hydrogens is 198 g/mol. The number of hydrogen-bond donors (Lipinski definition) is 0. The fraction of sp³-hybridized carbons (Fsp3) is 0.214. The van der Waals surface area contributed by atoms with Crippen LogP contribution in [0.25, 0.3) is 0 Å². The summed E-state index contributed by atoms with van der Waals surface area (Å²) < 4.78 is 1.75. The largest absolute Gasteiger partial charge is 0.311 e. The van der Waals surface area contributed by atoms with Gasteiger partial charge in [-0.1, -0.05) is 30.3 Å². The van der Waals surface area contributed by atoms with Gasteiger partial charge in [0.25, 0.3) is 5.56 Å². The van der Waals surface area contributed by atoms with E-state index in [9.17, 15) is 4.79 Å². The highest BCUT2D eigenvalue weighted by Gasteiger charge is 2.00. The minimum absolute atomic E-state index is 0.0499. The Morgan fingerprint density at radius 2 is 1.81 bits per heavy atom. The van der Waals surface area contributed by atoms with Gasteiger partial charge >= 0.3 is 0 Å². The van der Waals surface area contributed by atoms with Gasteiger partial charge in [0.1, 0.15) is 0 Å². The Bertz CT molecular complexity index is 555. The first-order chi connectivity index (χ1) is 7.66. The summed E-state index contributed by atoms with van der Waals surface area (Å²) in [6.07, 6.45) is 1.90. The fourth-order valence-electron chi connectivity index (χ4n) is 1.75. The zero-order valence-electron chi connectivity index (χ0n) is 9.60. The van der Waals surface area contributed by atoms with E-state index in [2.05, 4.69) is 19.1 Å². The summed E-state index contributed by atoms with van der Waals surface area (Å²) in [6, 6.07) is 11.6. The van der Waals surface area contributed by atoms with E-state index in [4.69, 9.17) is 0 Å². The first-order valence-corrected chi connectivity index (χ1v) is 5.38. The van der Waals surface area contributed by atoms with Gasteiger partial charge in [-0.2, -0.15) is 0 Å². The molecule has 0 spiro atoms. The molecule has 0 fully saturated rings. The van der Waals surface area contributed by atoms with Gasteiger partial charge in [-0.3, -0.25) is 4.79 Å². The summed E-state index contributed by atoms with van der Waals surface area (Å²) in [6.45, 7) is 4.71. The van der Waals surface area contributed by atoms with Crippen LogP contribution in [-0.2, 0) is 6.54 Å². The molecule has 0 saturated heterocycles. The summed E-state index contributed by atoms with van der Waals surface area (Å²) in [5.74, 6) is 0. The molecule has 0 saturated carbocycles. The highest BCUT2D eigenvalue weighted by atomic mass is 16.1. The molecule has 0 radical (unpaired) electrons. The molecule has 0 amide bonds. The Kier molecular flexibility index (Phi) is 2.91. The van der Waals surface area contributed by atoms with Crippen LogP contribution < -0.4 is 5.56 Å². The molecule has 2 nitrogen and oxygen atoms in total. The van der Waals surface area contributed by atoms with E-state index < -0.39 is 0 Å². The topological polar surface area (TPSA) is 22.0 Å². The van der Waals surface area contributed by atoms with Crippen molar-refractivity contribution in [2.45, 2.75) is 20.4 Å². The molecule has 0 atom stereocenters. The minimum atomic E-state index is 0.0499. The van der Waals surface area contributed by atoms with Crippen LogP contribution in [0, 0.1) is 13.8 Å². The molecule has 1 aromatic carbocycles. The summed E-state index contributed by atoms with van der Waals surface area (Å²) in [4.78, 5) is 11.7. The van der Waals surface area contributed by atoms with Gasteiger partial charge in [-0.05, 0) is 30.5 Å². The third-order valence-electron chi connectivity index (χ3n) is 2.73. The van der Waals surface area contributed by atoms with Crippen molar-refractivity contribution in [2.24, 2.45) is 0 Å². The minimum Gasteiger partial charge on any atom is -0.311 e. The standard InChI is InChI=1S/C14H15NO/c1-11-7-8-14(16)15(9-11)10-13-6-4-3-5-12(13)2/h3-9H,10H2,1-2H3. The second kappa shape index (κ2) is 4.35. The SMILES string of the molecule is Cc1ccc(=O)n(Cc2ccccc2C)c1. The van der Waals surface area contributed by atoms with Gasteiger partial charge in [0, 0.05) is 12.3 Å². The van der Waals surface area contributed by atoms with Crippen LogP contribution in [0.5, 0.6) is 0 Å². The molecule has 82 valence electrons. The molecule has 1 aromatic heterocycles. The number of hydrogen-bond acceptors (Lipinski definition) is 1. The summed E-state index contributed by atoms with van der Waals surface area (Å²) >= 11 is 0. The van der Waals surface area contributed by atoms with Crippen LogP contribution in [0.3, 0.4) is 0 Å². The van der Waals surface area contributed by atoms with Crippen LogP contribution in [0.1, 0.15) is 16.7 Å². The predicted molar refractivity (Wildman–Crippen MR) is 65.7 cm³/mol. The van der Waals surface area contributed by atoms with Crippen molar-refractivity contribution in [2.75, 3.05) is 0 Å². The molecule has 2 aromatic rings. The van der Waals surface area contributed by atoms with Crippen LogP contribution in [0.2, 0.25) is 0 Å². The smallest absolute Gasteiger partial charge is 0.250 e. The summed E-state index contributed by atoms with van der Waals surface area (Å²) in [5, 5.41) is 0. The number of rotatable bonds is 2. The zero-order valence-corrected chi connectivity index (χ0v) is 9.60. The average Bonchev–Trinajstić information content (AvgIpc) is 2.27. The van der Waals surface area contributed by atoms with Crippen molar-refractivity contribution in [3.05, 3.63) is 69.6 Å². The number of nitrogens with zero attached hydrogens (tertiary/aromatic N) is 1. The lowest BCUT2D eigenvalue weighted by molar-refractivity contribution is 0.750. The van der Waals surface area contributed by atoms with Crippen molar-refractivity contribution in [1.82, 2.24) is 4.57 Å². The van der Waals surface area contributed by atoms with Crippen molar-refractivity contribution >= 4 is 0 Å². The quantitative estimate of drug-likeness (QED) is 0.751. The Labute approximate surface area is 95.2 Å². The van der Waals surface area contributed by atoms with E-state index in [0.717, 1.165) is 5.56 Å². The van der Waals surface area contributed by atoms with E-state index in [1.54, 1.807) is 10.6 Å². The van der Waals surface area contributed by atoms with Gasteiger partial charge in [0.05, 0.1) is 6.54 Å². The van der Waals surface area contributed by atoms with Crippen LogP contribution in [0.15, 0.2) is 47.4 Å². The highest BCUT2D eigenvalue weighted by molar-refractivity contribution is 5.26. The van der Waals surface area contributed by atoms with Crippen molar-refractivity contribution in [1.29, 1.82) is 0 Å². The highest BCUT2D eigenvalue weighted by Crippen LogP contribution is 2.08. The Hall–Kier alpha value is -1.83. The second-order valence-electron chi connectivity index (χ2n) is 4.10. The first-order valence-electron chi connectivity index (χ1n) is 5.38. The van der Waals surface area contributed by atoms with Gasteiger partial charge in [0.15, 0.2) is 0 Å². The van der Waals surface area contributed by atoms with Crippen LogP contribution in [-0.4, -0.2) is 4.57 Å². The monoisotopic (exact) mass is 213 g/mol. The molecule has 2 rings (SSSR count). The average molecular weight is 213 g/mol. The third-order valence-corrected chi connectivity index (χ3v) is 2.73. The maximum absolute atomic E-state index is 11.7. The number of pyridine rings is 1. The molecule has 16 heavy (non-hydrogen) atoms. The van der Waals surface area contributed by atoms with Crippen molar-refractivity contribution in [3.8, 4) is 0 Å². The lowest BCUT2D eigenvalue weighted by Gasteiger charge is -2.08. The van der Waals surface area contributed by atoms with Crippen LogP contribution >= 0.6 is 0 Å². The van der Waals surface area contributed by atoms with E-state index in [-0.39, 0.29) is 5.56 Å². The maximum atomic E-state index is 11.7. The van der Waals surface area contributed by atoms with Crippen LogP contribution in [0.4, 0.5) is 0 Å². The molecule has 0 aliphatic rings. The Balaban J connectivity index is 2.38. The molecule has 0 N–H and O–H groups in total. The van der Waals surface area contributed by atoms with Crippen molar-refractivity contribution < 1.29 is 0 Å². The molecular formula is C14H15NO. The van der Waals surface area contributed by atoms with E-state index in [0.29, 0.717) is 6.54 Å². The van der Waals surface area contributed by atoms with Crippen molar-refractivity contribution in [3.63, 3.8) is 0 Å². The Morgan fingerprint density at radius 3 is 2.56 bits per heavy atom. The number of aromatic nitrogens is 1. The van der Waals surface area contributed by atoms with E-state index in [1.807, 2.05) is 31.3 Å².